The molecule has 0 spiro atoms. The molecule has 26 heavy (non-hydrogen) atoms. The fraction of sp³-hybridized carbons (Fsp3) is 0.300. The third kappa shape index (κ3) is 4.08. The van der Waals surface area contributed by atoms with E-state index in [2.05, 4.69) is 0 Å². The normalized spacial score (nSPS) is 17.8. The predicted molar refractivity (Wildman–Crippen MR) is 92.6 cm³/mol. The molecular formula is C20H20FNO4. The monoisotopic (exact) mass is 357 g/mol. The van der Waals surface area contributed by atoms with Crippen molar-refractivity contribution >= 4 is 12.0 Å². The number of halogens is 1. The first-order valence-electron chi connectivity index (χ1n) is 8.53. The van der Waals surface area contributed by atoms with Crippen LogP contribution in [-0.4, -0.2) is 28.6 Å². The van der Waals surface area contributed by atoms with E-state index in [-0.39, 0.29) is 24.8 Å². The minimum absolute atomic E-state index is 0.122. The molecule has 2 atom stereocenters. The molecule has 2 amide bonds. The van der Waals surface area contributed by atoms with Gasteiger partial charge < -0.3 is 9.84 Å². The molecular weight excluding hydrogens is 337 g/mol. The molecule has 1 saturated heterocycles. The molecule has 2 aromatic rings. The number of rotatable bonds is 6. The van der Waals surface area contributed by atoms with E-state index in [1.165, 1.54) is 24.3 Å². The van der Waals surface area contributed by atoms with Crippen LogP contribution in [0.2, 0.25) is 0 Å². The lowest BCUT2D eigenvalue weighted by Crippen LogP contribution is -2.34. The van der Waals surface area contributed by atoms with Crippen molar-refractivity contribution in [1.29, 1.82) is 0 Å². The van der Waals surface area contributed by atoms with E-state index in [1.54, 1.807) is 0 Å². The van der Waals surface area contributed by atoms with Crippen LogP contribution >= 0.6 is 0 Å². The van der Waals surface area contributed by atoms with Gasteiger partial charge in [0, 0.05) is 6.42 Å². The average Bonchev–Trinajstić information content (AvgIpc) is 3.04. The Morgan fingerprint density at radius 1 is 1.19 bits per heavy atom. The summed E-state index contributed by atoms with van der Waals surface area (Å²) in [5.41, 5.74) is 1.44. The number of cyclic esters (lactones) is 1. The smallest absolute Gasteiger partial charge is 0.417 e. The largest absolute Gasteiger partial charge is 0.446 e. The van der Waals surface area contributed by atoms with Crippen LogP contribution in [0.4, 0.5) is 9.18 Å². The highest BCUT2D eigenvalue weighted by atomic mass is 19.1. The summed E-state index contributed by atoms with van der Waals surface area (Å²) in [5, 5.41) is 10.1. The maximum atomic E-state index is 12.9. The van der Waals surface area contributed by atoms with E-state index in [0.29, 0.717) is 18.4 Å². The van der Waals surface area contributed by atoms with E-state index in [0.717, 1.165) is 10.5 Å². The zero-order valence-electron chi connectivity index (χ0n) is 14.2. The Balaban J connectivity index is 1.56. The lowest BCUT2D eigenvalue weighted by atomic mass is 10.0. The van der Waals surface area contributed by atoms with Crippen molar-refractivity contribution in [3.63, 3.8) is 0 Å². The van der Waals surface area contributed by atoms with Gasteiger partial charge in [-0.2, -0.15) is 0 Å². The Kier molecular flexibility index (Phi) is 5.63. The third-order valence-corrected chi connectivity index (χ3v) is 4.45. The maximum absolute atomic E-state index is 12.9. The van der Waals surface area contributed by atoms with Gasteiger partial charge in [0.25, 0.3) is 0 Å². The second-order valence-electron chi connectivity index (χ2n) is 6.23. The highest BCUT2D eigenvalue weighted by molar-refractivity contribution is 5.93. The summed E-state index contributed by atoms with van der Waals surface area (Å²) < 4.78 is 18.0. The molecule has 1 N–H and O–H groups in total. The lowest BCUT2D eigenvalue weighted by molar-refractivity contribution is -0.129. The Morgan fingerprint density at radius 2 is 1.88 bits per heavy atom. The molecule has 2 aromatic carbocycles. The summed E-state index contributed by atoms with van der Waals surface area (Å²) in [6, 6.07) is 14.5. The Morgan fingerprint density at radius 3 is 2.58 bits per heavy atom. The number of benzene rings is 2. The molecule has 1 fully saturated rings. The van der Waals surface area contributed by atoms with Crippen LogP contribution in [0.5, 0.6) is 0 Å². The highest BCUT2D eigenvalue weighted by Gasteiger charge is 2.38. The van der Waals surface area contributed by atoms with Gasteiger partial charge in [0.2, 0.25) is 5.91 Å². The molecule has 1 unspecified atom stereocenters. The van der Waals surface area contributed by atoms with Gasteiger partial charge in [-0.3, -0.25) is 4.79 Å². The first-order chi connectivity index (χ1) is 12.6. The first-order valence-corrected chi connectivity index (χ1v) is 8.53. The molecule has 1 aliphatic heterocycles. The van der Waals surface area contributed by atoms with Gasteiger partial charge in [-0.15, -0.1) is 0 Å². The molecule has 0 radical (unpaired) electrons. The van der Waals surface area contributed by atoms with Crippen LogP contribution in [-0.2, 0) is 9.53 Å². The fourth-order valence-electron chi connectivity index (χ4n) is 3.04. The number of aliphatic hydroxyl groups excluding tert-OH is 1. The minimum Gasteiger partial charge on any atom is -0.446 e. The molecule has 5 nitrogen and oxygen atoms in total. The Bertz CT molecular complexity index is 763. The summed E-state index contributed by atoms with van der Waals surface area (Å²) in [4.78, 5) is 25.6. The zero-order valence-corrected chi connectivity index (χ0v) is 14.2. The number of amides is 2. The summed E-state index contributed by atoms with van der Waals surface area (Å²) in [6.45, 7) is 0.146. The molecule has 0 bridgehead atoms. The number of hydrogen-bond acceptors (Lipinski definition) is 4. The molecule has 0 aromatic heterocycles. The van der Waals surface area contributed by atoms with Crippen LogP contribution in [0.3, 0.4) is 0 Å². The number of nitrogens with zero attached hydrogens (tertiary/aromatic N) is 1. The predicted octanol–water partition coefficient (Wildman–Crippen LogP) is 3.75. The van der Waals surface area contributed by atoms with E-state index in [1.807, 2.05) is 30.3 Å². The molecule has 1 heterocycles. The topological polar surface area (TPSA) is 66.8 Å². The van der Waals surface area contributed by atoms with E-state index < -0.39 is 18.2 Å². The molecule has 1 aliphatic rings. The van der Waals surface area contributed by atoms with Gasteiger partial charge in [-0.1, -0.05) is 42.5 Å². The molecule has 3 rings (SSSR count). The van der Waals surface area contributed by atoms with Crippen LogP contribution < -0.4 is 0 Å². The zero-order chi connectivity index (χ0) is 18.5. The highest BCUT2D eigenvalue weighted by Crippen LogP contribution is 2.29. The van der Waals surface area contributed by atoms with E-state index in [4.69, 9.17) is 4.74 Å². The second-order valence-corrected chi connectivity index (χ2v) is 6.23. The first kappa shape index (κ1) is 18.1. The summed E-state index contributed by atoms with van der Waals surface area (Å²) in [7, 11) is 0. The van der Waals surface area contributed by atoms with Gasteiger partial charge >= 0.3 is 6.09 Å². The summed E-state index contributed by atoms with van der Waals surface area (Å²) in [6.07, 6.45) is -0.544. The number of ether oxygens (including phenoxy) is 1. The Hall–Kier alpha value is -2.73. The van der Waals surface area contributed by atoms with Crippen molar-refractivity contribution < 1.29 is 23.8 Å². The van der Waals surface area contributed by atoms with E-state index in [9.17, 15) is 19.1 Å². The van der Waals surface area contributed by atoms with Gasteiger partial charge in [0.05, 0.1) is 6.10 Å². The van der Waals surface area contributed by atoms with Crippen molar-refractivity contribution in [2.24, 2.45) is 0 Å². The lowest BCUT2D eigenvalue weighted by Gasteiger charge is -2.20. The molecule has 136 valence electrons. The van der Waals surface area contributed by atoms with Crippen LogP contribution in [0, 0.1) is 5.82 Å². The minimum atomic E-state index is -0.779. The molecule has 0 aliphatic carbocycles. The summed E-state index contributed by atoms with van der Waals surface area (Å²) >= 11 is 0. The standard InChI is InChI=1S/C20H20FNO4/c21-16-11-9-15(10-12-16)18(23)7-4-8-19(24)22-17(13-26-20(22)25)14-5-2-1-3-6-14/h1-3,5-6,9-12,17-18,23H,4,7-8,13H2/t17-,18?/m0/s1. The summed E-state index contributed by atoms with van der Waals surface area (Å²) in [5.74, 6) is -0.691. The molecule has 6 heteroatoms. The third-order valence-electron chi connectivity index (χ3n) is 4.45. The van der Waals surface area contributed by atoms with Crippen LogP contribution in [0.1, 0.15) is 42.5 Å². The van der Waals surface area contributed by atoms with E-state index >= 15 is 0 Å². The second kappa shape index (κ2) is 8.10. The van der Waals surface area contributed by atoms with Crippen molar-refractivity contribution in [3.8, 4) is 0 Å². The van der Waals surface area contributed by atoms with Gasteiger partial charge in [0.1, 0.15) is 18.5 Å². The number of carbonyl (C=O) groups is 2. The van der Waals surface area contributed by atoms with Gasteiger partial charge in [-0.05, 0) is 36.1 Å². The van der Waals surface area contributed by atoms with Crippen molar-refractivity contribution in [2.45, 2.75) is 31.4 Å². The van der Waals surface area contributed by atoms with Gasteiger partial charge in [-0.25, -0.2) is 14.1 Å². The van der Waals surface area contributed by atoms with Crippen molar-refractivity contribution in [3.05, 3.63) is 71.5 Å². The van der Waals surface area contributed by atoms with Crippen molar-refractivity contribution in [1.82, 2.24) is 4.90 Å². The van der Waals surface area contributed by atoms with Gasteiger partial charge in [0.15, 0.2) is 0 Å². The van der Waals surface area contributed by atoms with Crippen LogP contribution in [0.15, 0.2) is 54.6 Å². The van der Waals surface area contributed by atoms with Crippen molar-refractivity contribution in [2.75, 3.05) is 6.61 Å². The maximum Gasteiger partial charge on any atom is 0.417 e. The fourth-order valence-corrected chi connectivity index (χ4v) is 3.04. The Labute approximate surface area is 151 Å². The number of aliphatic hydroxyl groups is 1. The SMILES string of the molecule is O=C(CCCC(O)c1ccc(F)cc1)N1C(=O)OC[C@H]1c1ccccc1. The van der Waals surface area contributed by atoms with Crippen LogP contribution in [0.25, 0.3) is 0 Å². The molecule has 0 saturated carbocycles. The quantitative estimate of drug-likeness (QED) is 0.855. The number of carbonyl (C=O) groups excluding carboxylic acids is 2. The average molecular weight is 357 g/mol. The number of hydrogen-bond donors (Lipinski definition) is 1. The number of imide groups is 1.